The summed E-state index contributed by atoms with van der Waals surface area (Å²) < 4.78 is 6.60. The predicted molar refractivity (Wildman–Crippen MR) is 94.5 cm³/mol. The molecule has 0 heterocycles. The zero-order valence-corrected chi connectivity index (χ0v) is 14.3. The van der Waals surface area contributed by atoms with Crippen LogP contribution in [-0.4, -0.2) is 16.2 Å². The van der Waals surface area contributed by atoms with E-state index in [0.717, 1.165) is 48.7 Å². The summed E-state index contributed by atoms with van der Waals surface area (Å²) in [5.41, 5.74) is 1.40. The number of aryl methyl sites for hydroxylation is 1. The lowest BCUT2D eigenvalue weighted by Gasteiger charge is -2.17. The number of hydrogen-bond acceptors (Lipinski definition) is 3. The molecule has 0 radical (unpaired) electrons. The molecule has 1 aromatic rings. The molecule has 20 heavy (non-hydrogen) atoms. The van der Waals surface area contributed by atoms with Crippen molar-refractivity contribution in [3.05, 3.63) is 35.9 Å². The maximum atomic E-state index is 5.88. The summed E-state index contributed by atoms with van der Waals surface area (Å²) in [5.74, 6) is 1.04. The molecule has 0 bridgehead atoms. The monoisotopic (exact) mass is 310 g/mol. The van der Waals surface area contributed by atoms with E-state index in [4.69, 9.17) is 17.0 Å². The molecule has 0 aromatic heterocycles. The van der Waals surface area contributed by atoms with Gasteiger partial charge in [-0.05, 0) is 43.5 Å². The van der Waals surface area contributed by atoms with Gasteiger partial charge < -0.3 is 4.74 Å². The van der Waals surface area contributed by atoms with Crippen LogP contribution in [0.2, 0.25) is 0 Å². The minimum Gasteiger partial charge on any atom is -0.475 e. The summed E-state index contributed by atoms with van der Waals surface area (Å²) in [7, 11) is 0. The molecule has 112 valence electrons. The summed E-state index contributed by atoms with van der Waals surface area (Å²) in [5, 5.41) is 0. The van der Waals surface area contributed by atoms with Crippen molar-refractivity contribution >= 4 is 28.4 Å². The zero-order valence-electron chi connectivity index (χ0n) is 12.6. The fraction of sp³-hybridized carbons (Fsp3) is 0.588. The third-order valence-corrected chi connectivity index (χ3v) is 4.43. The molecular weight excluding hydrogens is 284 g/mol. The van der Waals surface area contributed by atoms with Gasteiger partial charge in [0.15, 0.2) is 0 Å². The molecule has 0 unspecified atom stereocenters. The predicted octanol–water partition coefficient (Wildman–Crippen LogP) is 5.62. The Balaban J connectivity index is 2.15. The van der Waals surface area contributed by atoms with Gasteiger partial charge in [-0.2, -0.15) is 0 Å². The van der Waals surface area contributed by atoms with Crippen LogP contribution in [0.4, 0.5) is 0 Å². The Bertz CT molecular complexity index is 359. The normalized spacial score (nSPS) is 10.8. The van der Waals surface area contributed by atoms with Crippen molar-refractivity contribution in [1.29, 1.82) is 0 Å². The van der Waals surface area contributed by atoms with E-state index in [-0.39, 0.29) is 0 Å². The quantitative estimate of drug-likeness (QED) is 0.432. The lowest BCUT2D eigenvalue weighted by Crippen LogP contribution is -2.15. The largest absolute Gasteiger partial charge is 0.475 e. The van der Waals surface area contributed by atoms with Gasteiger partial charge in [-0.15, -0.1) is 0 Å². The topological polar surface area (TPSA) is 9.23 Å². The van der Waals surface area contributed by atoms with Gasteiger partial charge in [0.2, 0.25) is 4.38 Å². The van der Waals surface area contributed by atoms with Gasteiger partial charge in [0.25, 0.3) is 0 Å². The molecule has 0 spiro atoms. The van der Waals surface area contributed by atoms with Crippen molar-refractivity contribution < 1.29 is 4.74 Å². The van der Waals surface area contributed by atoms with Gasteiger partial charge in [0.1, 0.15) is 6.10 Å². The minimum atomic E-state index is 0.319. The number of rotatable bonds is 9. The SMILES string of the molecule is CCCC(CCC)OC(=S)SCCCc1ccccc1. The first-order valence-corrected chi connectivity index (χ1v) is 9.03. The van der Waals surface area contributed by atoms with Crippen molar-refractivity contribution in [2.24, 2.45) is 0 Å². The second kappa shape index (κ2) is 11.2. The van der Waals surface area contributed by atoms with E-state index >= 15 is 0 Å². The zero-order chi connectivity index (χ0) is 14.6. The summed E-state index contributed by atoms with van der Waals surface area (Å²) >= 11 is 7.01. The number of thiocarbonyl (C=S) groups is 1. The van der Waals surface area contributed by atoms with E-state index in [1.54, 1.807) is 11.8 Å². The molecule has 0 saturated carbocycles. The van der Waals surface area contributed by atoms with Gasteiger partial charge in [-0.25, -0.2) is 0 Å². The second-order valence-corrected chi connectivity index (χ2v) is 6.70. The Kier molecular flexibility index (Phi) is 9.77. The number of benzene rings is 1. The first kappa shape index (κ1) is 17.5. The third-order valence-electron chi connectivity index (χ3n) is 3.16. The van der Waals surface area contributed by atoms with Crippen LogP contribution in [-0.2, 0) is 11.2 Å². The summed E-state index contributed by atoms with van der Waals surface area (Å²) in [4.78, 5) is 0. The highest BCUT2D eigenvalue weighted by Crippen LogP contribution is 2.16. The minimum absolute atomic E-state index is 0.319. The second-order valence-electron chi connectivity index (χ2n) is 5.00. The molecule has 0 aliphatic rings. The van der Waals surface area contributed by atoms with E-state index in [1.165, 1.54) is 5.56 Å². The summed E-state index contributed by atoms with van der Waals surface area (Å²) in [6.07, 6.45) is 7.11. The highest BCUT2D eigenvalue weighted by atomic mass is 32.2. The molecule has 0 aliphatic carbocycles. The Labute approximate surface area is 133 Å². The maximum Gasteiger partial charge on any atom is 0.220 e. The average molecular weight is 311 g/mol. The first-order chi connectivity index (χ1) is 9.76. The van der Waals surface area contributed by atoms with Crippen molar-refractivity contribution in [2.45, 2.75) is 58.5 Å². The molecule has 0 saturated heterocycles. The molecule has 0 N–H and O–H groups in total. The maximum absolute atomic E-state index is 5.88. The molecule has 0 fully saturated rings. The van der Waals surface area contributed by atoms with Crippen LogP contribution in [0.15, 0.2) is 30.3 Å². The van der Waals surface area contributed by atoms with Crippen molar-refractivity contribution in [3.63, 3.8) is 0 Å². The van der Waals surface area contributed by atoms with Crippen molar-refractivity contribution in [1.82, 2.24) is 0 Å². The smallest absolute Gasteiger partial charge is 0.220 e. The fourth-order valence-corrected chi connectivity index (χ4v) is 3.20. The molecule has 3 heteroatoms. The fourth-order valence-electron chi connectivity index (χ4n) is 2.15. The van der Waals surface area contributed by atoms with Crippen LogP contribution in [0.5, 0.6) is 0 Å². The Morgan fingerprint density at radius 2 is 1.80 bits per heavy atom. The van der Waals surface area contributed by atoms with Gasteiger partial charge in [-0.1, -0.05) is 68.8 Å². The van der Waals surface area contributed by atoms with Gasteiger partial charge in [-0.3, -0.25) is 0 Å². The van der Waals surface area contributed by atoms with Crippen molar-refractivity contribution in [3.8, 4) is 0 Å². The lowest BCUT2D eigenvalue weighted by molar-refractivity contribution is 0.177. The van der Waals surface area contributed by atoms with Crippen LogP contribution < -0.4 is 0 Å². The Morgan fingerprint density at radius 3 is 2.40 bits per heavy atom. The van der Waals surface area contributed by atoms with Crippen molar-refractivity contribution in [2.75, 3.05) is 5.75 Å². The first-order valence-electron chi connectivity index (χ1n) is 7.63. The Hall–Kier alpha value is -0.540. The molecule has 1 aromatic carbocycles. The number of ether oxygens (including phenoxy) is 1. The van der Waals surface area contributed by atoms with E-state index in [1.807, 2.05) is 0 Å². The van der Waals surface area contributed by atoms with E-state index in [0.29, 0.717) is 6.10 Å². The molecule has 0 amide bonds. The van der Waals surface area contributed by atoms with E-state index in [9.17, 15) is 0 Å². The highest BCUT2D eigenvalue weighted by Gasteiger charge is 2.10. The van der Waals surface area contributed by atoms with Crippen LogP contribution in [0.3, 0.4) is 0 Å². The van der Waals surface area contributed by atoms with Crippen LogP contribution >= 0.6 is 24.0 Å². The summed E-state index contributed by atoms with van der Waals surface area (Å²) in [6, 6.07) is 10.6. The van der Waals surface area contributed by atoms with Gasteiger partial charge in [0.05, 0.1) is 0 Å². The van der Waals surface area contributed by atoms with Gasteiger partial charge >= 0.3 is 0 Å². The standard InChI is InChI=1S/C17H26OS2/c1-3-9-16(10-4-2)18-17(19)20-14-8-13-15-11-6-5-7-12-15/h5-7,11-12,16H,3-4,8-10,13-14H2,1-2H3. The molecule has 0 atom stereocenters. The molecular formula is C17H26OS2. The van der Waals surface area contributed by atoms with E-state index < -0.39 is 0 Å². The lowest BCUT2D eigenvalue weighted by atomic mass is 10.1. The van der Waals surface area contributed by atoms with Crippen LogP contribution in [0.1, 0.15) is 51.5 Å². The van der Waals surface area contributed by atoms with Crippen LogP contribution in [0, 0.1) is 0 Å². The van der Waals surface area contributed by atoms with Gasteiger partial charge in [0, 0.05) is 5.75 Å². The molecule has 1 nitrogen and oxygen atoms in total. The Morgan fingerprint density at radius 1 is 1.15 bits per heavy atom. The summed E-state index contributed by atoms with van der Waals surface area (Å²) in [6.45, 7) is 4.39. The highest BCUT2D eigenvalue weighted by molar-refractivity contribution is 8.22. The molecule has 1 rings (SSSR count). The van der Waals surface area contributed by atoms with E-state index in [2.05, 4.69) is 44.2 Å². The van der Waals surface area contributed by atoms with Crippen LogP contribution in [0.25, 0.3) is 0 Å². The third kappa shape index (κ3) is 7.91. The molecule has 0 aliphatic heterocycles. The number of thioether (sulfide) groups is 1. The average Bonchev–Trinajstić information content (AvgIpc) is 2.45. The number of hydrogen-bond donors (Lipinski definition) is 0.